The van der Waals surface area contributed by atoms with Crippen LogP contribution in [0.5, 0.6) is 6.01 Å². The lowest BCUT2D eigenvalue weighted by Crippen LogP contribution is -2.47. The number of halogens is 2. The Hall–Kier alpha value is -2.86. The zero-order chi connectivity index (χ0) is 37.2. The largest absolute Gasteiger partial charge is 0.456 e. The molecule has 5 heterocycles. The molecule has 3 aromatic heterocycles. The van der Waals surface area contributed by atoms with Gasteiger partial charge in [-0.15, -0.1) is 0 Å². The van der Waals surface area contributed by atoms with Crippen molar-refractivity contribution in [3.05, 3.63) is 52.6 Å². The predicted octanol–water partition coefficient (Wildman–Crippen LogP) is 7.97. The van der Waals surface area contributed by atoms with Crippen LogP contribution in [0.1, 0.15) is 44.4 Å². The topological polar surface area (TPSA) is 107 Å². The van der Waals surface area contributed by atoms with Crippen molar-refractivity contribution < 1.29 is 27.8 Å². The summed E-state index contributed by atoms with van der Waals surface area (Å²) in [5.41, 5.74) is 4.43. The number of pyridine rings is 1. The Labute approximate surface area is 312 Å². The molecule has 11 nitrogen and oxygen atoms in total. The van der Waals surface area contributed by atoms with Crippen molar-refractivity contribution >= 4 is 45.0 Å². The molecule has 2 fully saturated rings. The molecule has 0 spiro atoms. The Balaban J connectivity index is 1.14. The number of nitrogens with one attached hydrogen (secondary N) is 1. The number of benzene rings is 1. The van der Waals surface area contributed by atoms with E-state index in [0.717, 1.165) is 29.2 Å². The van der Waals surface area contributed by atoms with E-state index >= 15 is 4.39 Å². The lowest BCUT2D eigenvalue weighted by atomic mass is 10.0. The molecule has 2 saturated heterocycles. The average Bonchev–Trinajstić information content (AvgIpc) is 3.87. The number of aryl methyl sites for hydroxylation is 2. The van der Waals surface area contributed by atoms with Gasteiger partial charge in [-0.1, -0.05) is 58.1 Å². The van der Waals surface area contributed by atoms with Crippen molar-refractivity contribution in [2.45, 2.75) is 115 Å². The van der Waals surface area contributed by atoms with Crippen LogP contribution in [0.2, 0.25) is 48.8 Å². The van der Waals surface area contributed by atoms with Gasteiger partial charge >= 0.3 is 6.01 Å². The molecule has 7 rings (SSSR count). The van der Waals surface area contributed by atoms with Crippen LogP contribution in [0.15, 0.2) is 30.6 Å². The van der Waals surface area contributed by atoms with E-state index in [1.807, 2.05) is 17.8 Å². The molecule has 0 amide bonds. The highest BCUT2D eigenvalue weighted by atomic mass is 35.5. The number of aromatic nitrogens is 5. The van der Waals surface area contributed by atoms with Crippen LogP contribution in [0.3, 0.4) is 0 Å². The first kappa shape index (κ1) is 37.5. The van der Waals surface area contributed by atoms with Crippen molar-refractivity contribution in [1.29, 1.82) is 0 Å². The fraction of sp³-hybridized carbons (Fsp3) is 0.595. The van der Waals surface area contributed by atoms with E-state index < -0.39 is 22.5 Å². The standard InChI is InChI=1S/C37H52ClFN6O5Si2/c1-37(2,3)52(8,9)50-30-20-48-32-29(19-47-33(30)32)49-36-42-28-16-25(38)34(43-35(28)45(36)21-46-12-13-51(5,6)7)41-27-11-10-22-14-23(15-26(39)31(22)27)24-17-40-44(4)18-24/h14-18,27,29-30,32-33H,10-13,19-21H2,1-9H3,(H,41,43)/t27?,29-,30?,32-,33-/m1/s1. The summed E-state index contributed by atoms with van der Waals surface area (Å²) in [6.07, 6.45) is 4.03. The summed E-state index contributed by atoms with van der Waals surface area (Å²) in [4.78, 5) is 9.81. The summed E-state index contributed by atoms with van der Waals surface area (Å²) in [5, 5.41) is 8.16. The van der Waals surface area contributed by atoms with Gasteiger partial charge in [-0.25, -0.2) is 9.37 Å². The smallest absolute Gasteiger partial charge is 0.301 e. The second-order valence-electron chi connectivity index (χ2n) is 17.2. The molecule has 4 aromatic rings. The zero-order valence-electron chi connectivity index (χ0n) is 31.8. The molecule has 282 valence electrons. The molecule has 3 aliphatic rings. The summed E-state index contributed by atoms with van der Waals surface area (Å²) < 4.78 is 51.4. The van der Waals surface area contributed by atoms with Gasteiger partial charge in [0, 0.05) is 39.1 Å². The molecular formula is C37H52ClFN6O5Si2. The van der Waals surface area contributed by atoms with Crippen molar-refractivity contribution in [1.82, 2.24) is 24.3 Å². The highest BCUT2D eigenvalue weighted by Crippen LogP contribution is 2.42. The van der Waals surface area contributed by atoms with Crippen LogP contribution in [-0.2, 0) is 38.8 Å². The minimum absolute atomic E-state index is 0.0705. The highest BCUT2D eigenvalue weighted by molar-refractivity contribution is 6.76. The lowest BCUT2D eigenvalue weighted by Gasteiger charge is -2.39. The monoisotopic (exact) mass is 770 g/mol. The van der Waals surface area contributed by atoms with Gasteiger partial charge in [0.1, 0.15) is 36.1 Å². The third-order valence-electron chi connectivity index (χ3n) is 10.9. The zero-order valence-corrected chi connectivity index (χ0v) is 34.5. The Morgan fingerprint density at radius 1 is 1.02 bits per heavy atom. The maximum Gasteiger partial charge on any atom is 0.301 e. The fourth-order valence-electron chi connectivity index (χ4n) is 6.93. The van der Waals surface area contributed by atoms with Gasteiger partial charge in [0.15, 0.2) is 20.1 Å². The van der Waals surface area contributed by atoms with Crippen molar-refractivity contribution in [2.75, 3.05) is 25.1 Å². The Bertz CT molecular complexity index is 1940. The van der Waals surface area contributed by atoms with Crippen LogP contribution < -0.4 is 10.1 Å². The number of anilines is 1. The van der Waals surface area contributed by atoms with E-state index in [4.69, 9.17) is 44.9 Å². The Kier molecular flexibility index (Phi) is 10.2. The minimum atomic E-state index is -2.03. The van der Waals surface area contributed by atoms with Crippen LogP contribution in [0.4, 0.5) is 10.2 Å². The van der Waals surface area contributed by atoms with E-state index in [2.05, 4.69) is 70.0 Å². The second kappa shape index (κ2) is 14.1. The van der Waals surface area contributed by atoms with Gasteiger partial charge in [-0.2, -0.15) is 10.1 Å². The van der Waals surface area contributed by atoms with Gasteiger partial charge in [0.05, 0.1) is 36.6 Å². The first-order valence-electron chi connectivity index (χ1n) is 18.3. The van der Waals surface area contributed by atoms with E-state index in [0.29, 0.717) is 59.8 Å². The van der Waals surface area contributed by atoms with E-state index in [9.17, 15) is 0 Å². The predicted molar refractivity (Wildman–Crippen MR) is 206 cm³/mol. The molecule has 15 heteroatoms. The molecule has 1 N–H and O–H groups in total. The lowest BCUT2D eigenvalue weighted by molar-refractivity contribution is 0.00687. The molecule has 0 radical (unpaired) electrons. The molecule has 2 unspecified atom stereocenters. The highest BCUT2D eigenvalue weighted by Gasteiger charge is 2.52. The molecule has 0 bridgehead atoms. The van der Waals surface area contributed by atoms with Crippen LogP contribution >= 0.6 is 11.6 Å². The summed E-state index contributed by atoms with van der Waals surface area (Å²) in [5.74, 6) is 0.190. The SMILES string of the molecule is Cn1cc(-c2cc(F)c3c(c2)CCC3Nc2nc3c(cc2Cl)nc(O[C@@H]2CO[C@@H]4C(O[Si](C)(C)C(C)(C)C)CO[C@@H]42)n3COCC[Si](C)(C)C)cn1. The number of hydrogen-bond donors (Lipinski definition) is 1. The van der Waals surface area contributed by atoms with Gasteiger partial charge in [0.2, 0.25) is 0 Å². The third-order valence-corrected chi connectivity index (χ3v) is 17.4. The number of imidazole rings is 1. The summed E-state index contributed by atoms with van der Waals surface area (Å²) in [7, 11) is -1.50. The summed E-state index contributed by atoms with van der Waals surface area (Å²) in [6.45, 7) is 19.8. The van der Waals surface area contributed by atoms with Crippen LogP contribution in [0.25, 0.3) is 22.3 Å². The summed E-state index contributed by atoms with van der Waals surface area (Å²) in [6, 6.07) is 6.49. The van der Waals surface area contributed by atoms with E-state index in [1.165, 1.54) is 0 Å². The molecule has 0 saturated carbocycles. The number of fused-ring (bicyclic) bond motifs is 3. The maximum absolute atomic E-state index is 15.7. The van der Waals surface area contributed by atoms with Crippen LogP contribution in [-0.4, -0.2) is 84.9 Å². The molecule has 5 atom stereocenters. The first-order valence-corrected chi connectivity index (χ1v) is 25.3. The van der Waals surface area contributed by atoms with Gasteiger partial charge in [-0.05, 0) is 60.3 Å². The van der Waals surface area contributed by atoms with Crippen molar-refractivity contribution in [3.8, 4) is 17.1 Å². The fourth-order valence-corrected chi connectivity index (χ4v) is 9.20. The number of nitrogens with zero attached hydrogens (tertiary/aromatic N) is 5. The third kappa shape index (κ3) is 7.57. The molecule has 1 aromatic carbocycles. The Morgan fingerprint density at radius 2 is 1.75 bits per heavy atom. The maximum atomic E-state index is 15.7. The van der Waals surface area contributed by atoms with Crippen molar-refractivity contribution in [3.63, 3.8) is 0 Å². The van der Waals surface area contributed by atoms with E-state index in [1.54, 1.807) is 23.0 Å². The average molecular weight is 771 g/mol. The van der Waals surface area contributed by atoms with Gasteiger partial charge in [0.25, 0.3) is 0 Å². The molecular weight excluding hydrogens is 719 g/mol. The van der Waals surface area contributed by atoms with E-state index in [-0.39, 0.29) is 41.9 Å². The molecule has 52 heavy (non-hydrogen) atoms. The van der Waals surface area contributed by atoms with Gasteiger partial charge in [-0.3, -0.25) is 9.25 Å². The summed E-state index contributed by atoms with van der Waals surface area (Å²) >= 11 is 6.84. The number of ether oxygens (including phenoxy) is 4. The van der Waals surface area contributed by atoms with Gasteiger partial charge < -0.3 is 28.7 Å². The number of rotatable bonds is 12. The molecule has 1 aliphatic carbocycles. The normalized spacial score (nSPS) is 23.4. The van der Waals surface area contributed by atoms with Crippen LogP contribution in [0, 0.1) is 5.82 Å². The quantitative estimate of drug-likeness (QED) is 0.113. The minimum Gasteiger partial charge on any atom is -0.456 e. The second-order valence-corrected chi connectivity index (χ2v) is 28.0. The molecule has 2 aliphatic heterocycles. The number of hydrogen-bond acceptors (Lipinski definition) is 9. The first-order chi connectivity index (χ1) is 24.5. The van der Waals surface area contributed by atoms with Crippen molar-refractivity contribution in [2.24, 2.45) is 7.05 Å². The Morgan fingerprint density at radius 3 is 2.44 bits per heavy atom.